The lowest BCUT2D eigenvalue weighted by molar-refractivity contribution is -0.112. The Balaban J connectivity index is 1.84. The normalized spacial score (nSPS) is 11.0. The minimum Gasteiger partial charge on any atom is -0.493 e. The Morgan fingerprint density at radius 2 is 1.94 bits per heavy atom. The van der Waals surface area contributed by atoms with E-state index in [1.807, 2.05) is 62.4 Å². The summed E-state index contributed by atoms with van der Waals surface area (Å²) in [6, 6.07) is 18.6. The second-order valence-electron chi connectivity index (χ2n) is 7.36. The molecule has 0 radical (unpaired) electrons. The molecule has 0 fully saturated rings. The number of nitrogens with zero attached hydrogens (tertiary/aromatic N) is 1. The number of amides is 1. The molecular weight excluding hydrogens is 504 g/mol. The van der Waals surface area contributed by atoms with E-state index in [0.29, 0.717) is 27.8 Å². The summed E-state index contributed by atoms with van der Waals surface area (Å²) in [7, 11) is 1.50. The highest BCUT2D eigenvalue weighted by Crippen LogP contribution is 2.38. The highest BCUT2D eigenvalue weighted by molar-refractivity contribution is 9.10. The number of benzene rings is 3. The summed E-state index contributed by atoms with van der Waals surface area (Å²) in [5.41, 5.74) is 4.09. The third-order valence-electron chi connectivity index (χ3n) is 4.89. The maximum Gasteiger partial charge on any atom is 0.266 e. The summed E-state index contributed by atoms with van der Waals surface area (Å²) in [5, 5.41) is 12.7. The van der Waals surface area contributed by atoms with Crippen molar-refractivity contribution in [1.82, 2.24) is 0 Å². The van der Waals surface area contributed by atoms with Crippen LogP contribution in [0.2, 0.25) is 5.02 Å². The van der Waals surface area contributed by atoms with Crippen LogP contribution in [-0.2, 0) is 11.4 Å². The summed E-state index contributed by atoms with van der Waals surface area (Å²) in [5.74, 6) is 0.270. The SMILES string of the molecule is COc1cc(/C=C(\C#N)C(=O)Nc2ccc(C)cc2C)cc(Cl)c1OCc1ccccc1Br. The Labute approximate surface area is 206 Å². The van der Waals surface area contributed by atoms with Crippen molar-refractivity contribution >= 4 is 45.2 Å². The van der Waals surface area contributed by atoms with Crippen LogP contribution in [0.3, 0.4) is 0 Å². The average Bonchev–Trinajstić information content (AvgIpc) is 2.79. The molecule has 0 spiro atoms. The molecule has 0 unspecified atom stereocenters. The van der Waals surface area contributed by atoms with Crippen molar-refractivity contribution in [3.8, 4) is 17.6 Å². The molecule has 0 bridgehead atoms. The number of rotatable bonds is 7. The van der Waals surface area contributed by atoms with Gasteiger partial charge in [-0.3, -0.25) is 4.79 Å². The maximum atomic E-state index is 12.7. The van der Waals surface area contributed by atoms with E-state index in [1.165, 1.54) is 13.2 Å². The Morgan fingerprint density at radius 3 is 2.61 bits per heavy atom. The van der Waals surface area contributed by atoms with Gasteiger partial charge in [0.2, 0.25) is 0 Å². The molecule has 33 heavy (non-hydrogen) atoms. The zero-order chi connectivity index (χ0) is 24.0. The zero-order valence-corrected chi connectivity index (χ0v) is 20.8. The van der Waals surface area contributed by atoms with Gasteiger partial charge in [0.1, 0.15) is 18.2 Å². The summed E-state index contributed by atoms with van der Waals surface area (Å²) in [6.45, 7) is 4.16. The largest absolute Gasteiger partial charge is 0.493 e. The van der Waals surface area contributed by atoms with Gasteiger partial charge in [-0.25, -0.2) is 0 Å². The second-order valence-corrected chi connectivity index (χ2v) is 8.62. The first-order valence-corrected chi connectivity index (χ1v) is 11.2. The van der Waals surface area contributed by atoms with Crippen molar-refractivity contribution in [3.63, 3.8) is 0 Å². The smallest absolute Gasteiger partial charge is 0.266 e. The second kappa shape index (κ2) is 11.0. The van der Waals surface area contributed by atoms with Gasteiger partial charge >= 0.3 is 0 Å². The van der Waals surface area contributed by atoms with Gasteiger partial charge < -0.3 is 14.8 Å². The predicted molar refractivity (Wildman–Crippen MR) is 135 cm³/mol. The lowest BCUT2D eigenvalue weighted by atomic mass is 10.1. The highest BCUT2D eigenvalue weighted by atomic mass is 79.9. The topological polar surface area (TPSA) is 71.3 Å². The van der Waals surface area contributed by atoms with Gasteiger partial charge in [0.15, 0.2) is 11.5 Å². The molecular formula is C26H22BrClN2O3. The highest BCUT2D eigenvalue weighted by Gasteiger charge is 2.15. The van der Waals surface area contributed by atoms with Gasteiger partial charge in [-0.05, 0) is 55.3 Å². The number of aryl methyl sites for hydroxylation is 2. The minimum atomic E-state index is -0.506. The molecule has 1 N–H and O–H groups in total. The lowest BCUT2D eigenvalue weighted by Crippen LogP contribution is -2.14. The van der Waals surface area contributed by atoms with E-state index in [-0.39, 0.29) is 12.2 Å². The monoisotopic (exact) mass is 524 g/mol. The van der Waals surface area contributed by atoms with E-state index in [2.05, 4.69) is 21.2 Å². The molecule has 0 saturated carbocycles. The van der Waals surface area contributed by atoms with E-state index in [9.17, 15) is 10.1 Å². The zero-order valence-electron chi connectivity index (χ0n) is 18.4. The Morgan fingerprint density at radius 1 is 1.18 bits per heavy atom. The number of carbonyl (C=O) groups is 1. The molecule has 7 heteroatoms. The molecule has 3 aromatic carbocycles. The number of halogens is 2. The van der Waals surface area contributed by atoms with Gasteiger partial charge in [-0.1, -0.05) is 63.4 Å². The standard InChI is InChI=1S/C26H22BrClN2O3/c1-16-8-9-23(17(2)10-16)30-26(31)20(14-29)11-18-12-22(28)25(24(13-18)32-3)33-15-19-6-4-5-7-21(19)27/h4-13H,15H2,1-3H3,(H,30,31)/b20-11+. The van der Waals surface area contributed by atoms with Crippen LogP contribution in [0.5, 0.6) is 11.5 Å². The van der Waals surface area contributed by atoms with Crippen molar-refractivity contribution in [3.05, 3.63) is 91.9 Å². The summed E-state index contributed by atoms with van der Waals surface area (Å²) < 4.78 is 12.3. The van der Waals surface area contributed by atoms with E-state index >= 15 is 0 Å². The van der Waals surface area contributed by atoms with Crippen LogP contribution in [0.25, 0.3) is 6.08 Å². The number of hydrogen-bond donors (Lipinski definition) is 1. The van der Waals surface area contributed by atoms with E-state index in [4.69, 9.17) is 21.1 Å². The molecule has 3 rings (SSSR count). The number of ether oxygens (including phenoxy) is 2. The third kappa shape index (κ3) is 6.16. The number of nitrogens with one attached hydrogen (secondary N) is 1. The molecule has 168 valence electrons. The number of hydrogen-bond acceptors (Lipinski definition) is 4. The van der Waals surface area contributed by atoms with Crippen molar-refractivity contribution in [2.45, 2.75) is 20.5 Å². The fourth-order valence-corrected chi connectivity index (χ4v) is 3.86. The van der Waals surface area contributed by atoms with Crippen LogP contribution >= 0.6 is 27.5 Å². The average molecular weight is 526 g/mol. The summed E-state index contributed by atoms with van der Waals surface area (Å²) >= 11 is 9.96. The first-order valence-electron chi connectivity index (χ1n) is 10.1. The molecule has 0 aromatic heterocycles. The van der Waals surface area contributed by atoms with Gasteiger partial charge in [-0.15, -0.1) is 0 Å². The van der Waals surface area contributed by atoms with E-state index in [0.717, 1.165) is 21.2 Å². The number of nitriles is 1. The van der Waals surface area contributed by atoms with Gasteiger partial charge in [0.05, 0.1) is 12.1 Å². The first-order chi connectivity index (χ1) is 15.8. The molecule has 5 nitrogen and oxygen atoms in total. The van der Waals surface area contributed by atoms with Gasteiger partial charge in [-0.2, -0.15) is 5.26 Å². The van der Waals surface area contributed by atoms with Crippen molar-refractivity contribution in [1.29, 1.82) is 5.26 Å². The molecule has 0 atom stereocenters. The predicted octanol–water partition coefficient (Wildman–Crippen LogP) is 6.85. The van der Waals surface area contributed by atoms with Crippen LogP contribution in [-0.4, -0.2) is 13.0 Å². The van der Waals surface area contributed by atoms with Crippen LogP contribution in [0.4, 0.5) is 5.69 Å². The van der Waals surface area contributed by atoms with Crippen LogP contribution in [0, 0.1) is 25.2 Å². The lowest BCUT2D eigenvalue weighted by Gasteiger charge is -2.14. The molecule has 3 aromatic rings. The Bertz CT molecular complexity index is 1260. The Kier molecular flexibility index (Phi) is 8.16. The number of anilines is 1. The van der Waals surface area contributed by atoms with Crippen molar-refractivity contribution in [2.24, 2.45) is 0 Å². The fraction of sp³-hybridized carbons (Fsp3) is 0.154. The van der Waals surface area contributed by atoms with Crippen LogP contribution < -0.4 is 14.8 Å². The molecule has 0 saturated heterocycles. The quantitative estimate of drug-likeness (QED) is 0.270. The van der Waals surface area contributed by atoms with Crippen molar-refractivity contribution in [2.75, 3.05) is 12.4 Å². The van der Waals surface area contributed by atoms with Crippen molar-refractivity contribution < 1.29 is 14.3 Å². The molecule has 0 aliphatic heterocycles. The summed E-state index contributed by atoms with van der Waals surface area (Å²) in [6.07, 6.45) is 1.46. The van der Waals surface area contributed by atoms with Crippen LogP contribution in [0.15, 0.2) is 64.6 Å². The summed E-state index contributed by atoms with van der Waals surface area (Å²) in [4.78, 5) is 12.7. The molecule has 1 amide bonds. The molecule has 0 aliphatic rings. The first kappa shape index (κ1) is 24.4. The molecule has 0 aliphatic carbocycles. The number of carbonyl (C=O) groups excluding carboxylic acids is 1. The fourth-order valence-electron chi connectivity index (χ4n) is 3.19. The number of methoxy groups -OCH3 is 1. The minimum absolute atomic E-state index is 0.0602. The van der Waals surface area contributed by atoms with E-state index < -0.39 is 5.91 Å². The third-order valence-corrected chi connectivity index (χ3v) is 5.94. The Hall–Kier alpha value is -3.27. The van der Waals surface area contributed by atoms with Gasteiger partial charge in [0.25, 0.3) is 5.91 Å². The van der Waals surface area contributed by atoms with Crippen LogP contribution in [0.1, 0.15) is 22.3 Å². The maximum absolute atomic E-state index is 12.7. The molecule has 0 heterocycles. The van der Waals surface area contributed by atoms with Gasteiger partial charge in [0, 0.05) is 15.7 Å². The van der Waals surface area contributed by atoms with E-state index in [1.54, 1.807) is 12.1 Å².